The summed E-state index contributed by atoms with van der Waals surface area (Å²) in [6, 6.07) is 1.06. The Bertz CT molecular complexity index is 359. The Kier molecular flexibility index (Phi) is 3.95. The second-order valence-electron chi connectivity index (χ2n) is 2.46. The first-order valence-electron chi connectivity index (χ1n) is 3.58. The summed E-state index contributed by atoms with van der Waals surface area (Å²) < 4.78 is 24.9. The quantitative estimate of drug-likeness (QED) is 0.484. The molecule has 0 radical (unpaired) electrons. The molecular formula is C8H5BrClF2NO. The van der Waals surface area contributed by atoms with Gasteiger partial charge in [0.15, 0.2) is 6.29 Å². The normalized spacial score (nSPS) is 10.6. The Morgan fingerprint density at radius 2 is 2.29 bits per heavy atom. The molecule has 0 aliphatic heterocycles. The summed E-state index contributed by atoms with van der Waals surface area (Å²) >= 11 is 8.59. The van der Waals surface area contributed by atoms with Crippen molar-refractivity contribution in [3.05, 3.63) is 28.0 Å². The first kappa shape index (κ1) is 11.5. The Labute approximate surface area is 92.4 Å². The van der Waals surface area contributed by atoms with Gasteiger partial charge in [-0.25, -0.2) is 13.8 Å². The first-order valence-corrected chi connectivity index (χ1v) is 5.08. The number of pyridine rings is 1. The van der Waals surface area contributed by atoms with Crippen LogP contribution in [0.1, 0.15) is 28.0 Å². The molecule has 1 aromatic heterocycles. The van der Waals surface area contributed by atoms with Crippen molar-refractivity contribution in [1.82, 2.24) is 4.98 Å². The minimum atomic E-state index is -2.66. The lowest BCUT2D eigenvalue weighted by molar-refractivity contribution is 0.112. The molecule has 0 spiro atoms. The molecule has 0 bridgehead atoms. The van der Waals surface area contributed by atoms with Gasteiger partial charge >= 0.3 is 0 Å². The summed E-state index contributed by atoms with van der Waals surface area (Å²) in [6.07, 6.45) is -2.26. The van der Waals surface area contributed by atoms with Gasteiger partial charge < -0.3 is 0 Å². The molecular weight excluding hydrogens is 279 g/mol. The van der Waals surface area contributed by atoms with Crippen LogP contribution in [0.5, 0.6) is 0 Å². The van der Waals surface area contributed by atoms with E-state index in [0.717, 1.165) is 6.07 Å². The molecule has 6 heteroatoms. The van der Waals surface area contributed by atoms with Gasteiger partial charge in [0.25, 0.3) is 6.43 Å². The smallest absolute Gasteiger partial charge is 0.265 e. The number of aromatic nitrogens is 1. The molecule has 1 heterocycles. The maximum Gasteiger partial charge on any atom is 0.265 e. The van der Waals surface area contributed by atoms with Crippen LogP contribution >= 0.6 is 27.5 Å². The van der Waals surface area contributed by atoms with Gasteiger partial charge in [-0.1, -0.05) is 27.5 Å². The standard InChI is InChI=1S/C8H5BrClF2NO/c9-2-6-5(8(11)12)1-4(3-14)7(10)13-6/h1,3,8H,2H2. The van der Waals surface area contributed by atoms with Crippen molar-refractivity contribution in [2.24, 2.45) is 0 Å². The molecule has 0 fully saturated rings. The number of alkyl halides is 3. The molecule has 1 aromatic rings. The number of hydrogen-bond acceptors (Lipinski definition) is 2. The van der Waals surface area contributed by atoms with E-state index in [9.17, 15) is 13.6 Å². The van der Waals surface area contributed by atoms with Crippen molar-refractivity contribution >= 4 is 33.8 Å². The Balaban J connectivity index is 3.32. The average molecular weight is 284 g/mol. The molecule has 0 saturated heterocycles. The van der Waals surface area contributed by atoms with Gasteiger partial charge in [0.05, 0.1) is 11.3 Å². The van der Waals surface area contributed by atoms with E-state index in [-0.39, 0.29) is 27.3 Å². The Morgan fingerprint density at radius 3 is 2.71 bits per heavy atom. The van der Waals surface area contributed by atoms with Crippen LogP contribution in [0, 0.1) is 0 Å². The predicted octanol–water partition coefficient (Wildman–Crippen LogP) is 3.38. The lowest BCUT2D eigenvalue weighted by Gasteiger charge is -2.07. The lowest BCUT2D eigenvalue weighted by Crippen LogP contribution is -1.99. The van der Waals surface area contributed by atoms with Crippen LogP contribution in [-0.4, -0.2) is 11.3 Å². The fraction of sp³-hybridized carbons (Fsp3) is 0.250. The summed E-state index contributed by atoms with van der Waals surface area (Å²) in [7, 11) is 0. The van der Waals surface area contributed by atoms with Gasteiger partial charge in [0.1, 0.15) is 5.15 Å². The van der Waals surface area contributed by atoms with E-state index in [0.29, 0.717) is 6.29 Å². The zero-order chi connectivity index (χ0) is 10.7. The summed E-state index contributed by atoms with van der Waals surface area (Å²) in [4.78, 5) is 14.1. The maximum absolute atomic E-state index is 12.4. The number of halogens is 4. The molecule has 0 N–H and O–H groups in total. The molecule has 76 valence electrons. The minimum absolute atomic E-state index is 0.0216. The molecule has 0 atom stereocenters. The van der Waals surface area contributed by atoms with E-state index in [1.54, 1.807) is 0 Å². The number of carbonyl (C=O) groups excluding carboxylic acids is 1. The number of hydrogen-bond donors (Lipinski definition) is 0. The SMILES string of the molecule is O=Cc1cc(C(F)F)c(CBr)nc1Cl. The first-order chi connectivity index (χ1) is 6.60. The molecule has 1 rings (SSSR count). The van der Waals surface area contributed by atoms with Gasteiger partial charge in [-0.2, -0.15) is 0 Å². The van der Waals surface area contributed by atoms with Crippen molar-refractivity contribution in [2.75, 3.05) is 0 Å². The highest BCUT2D eigenvalue weighted by Crippen LogP contribution is 2.26. The fourth-order valence-corrected chi connectivity index (χ4v) is 1.59. The van der Waals surface area contributed by atoms with Crippen LogP contribution in [0.25, 0.3) is 0 Å². The van der Waals surface area contributed by atoms with Gasteiger partial charge in [0, 0.05) is 10.9 Å². The van der Waals surface area contributed by atoms with Crippen molar-refractivity contribution in [1.29, 1.82) is 0 Å². The third-order valence-electron chi connectivity index (χ3n) is 1.60. The molecule has 14 heavy (non-hydrogen) atoms. The van der Waals surface area contributed by atoms with Crippen LogP contribution in [0.2, 0.25) is 5.15 Å². The summed E-state index contributed by atoms with van der Waals surface area (Å²) in [5.41, 5.74) is -0.143. The monoisotopic (exact) mass is 283 g/mol. The third kappa shape index (κ3) is 2.27. The van der Waals surface area contributed by atoms with Crippen molar-refractivity contribution in [3.8, 4) is 0 Å². The Hall–Kier alpha value is -0.550. The van der Waals surface area contributed by atoms with Crippen LogP contribution < -0.4 is 0 Å². The molecule has 0 aliphatic rings. The molecule has 0 aromatic carbocycles. The van der Waals surface area contributed by atoms with E-state index < -0.39 is 6.43 Å². The van der Waals surface area contributed by atoms with Crippen molar-refractivity contribution in [3.63, 3.8) is 0 Å². The predicted molar refractivity (Wildman–Crippen MR) is 52.2 cm³/mol. The van der Waals surface area contributed by atoms with Crippen LogP contribution in [0.15, 0.2) is 6.07 Å². The number of carbonyl (C=O) groups is 1. The van der Waals surface area contributed by atoms with Gasteiger partial charge in [-0.05, 0) is 6.07 Å². The highest BCUT2D eigenvalue weighted by atomic mass is 79.9. The summed E-state index contributed by atoms with van der Waals surface area (Å²) in [5.74, 6) is 0. The molecule has 0 aliphatic carbocycles. The highest BCUT2D eigenvalue weighted by molar-refractivity contribution is 9.08. The van der Waals surface area contributed by atoms with Crippen molar-refractivity contribution in [2.45, 2.75) is 11.8 Å². The molecule has 0 amide bonds. The van der Waals surface area contributed by atoms with E-state index in [1.165, 1.54) is 0 Å². The number of nitrogens with zero attached hydrogens (tertiary/aromatic N) is 1. The second-order valence-corrected chi connectivity index (χ2v) is 3.38. The van der Waals surface area contributed by atoms with E-state index in [2.05, 4.69) is 20.9 Å². The van der Waals surface area contributed by atoms with Gasteiger partial charge in [-0.3, -0.25) is 4.79 Å². The summed E-state index contributed by atoms with van der Waals surface area (Å²) in [5, 5.41) is 0.116. The second kappa shape index (κ2) is 4.79. The zero-order valence-electron chi connectivity index (χ0n) is 6.81. The van der Waals surface area contributed by atoms with E-state index >= 15 is 0 Å². The average Bonchev–Trinajstić information content (AvgIpc) is 2.16. The molecule has 0 unspecified atom stereocenters. The highest BCUT2D eigenvalue weighted by Gasteiger charge is 2.16. The maximum atomic E-state index is 12.4. The van der Waals surface area contributed by atoms with Gasteiger partial charge in [0.2, 0.25) is 0 Å². The number of rotatable bonds is 3. The topological polar surface area (TPSA) is 30.0 Å². The van der Waals surface area contributed by atoms with Crippen LogP contribution in [0.4, 0.5) is 8.78 Å². The minimum Gasteiger partial charge on any atom is -0.298 e. The number of aldehydes is 1. The molecule has 2 nitrogen and oxygen atoms in total. The Morgan fingerprint density at radius 1 is 1.64 bits per heavy atom. The summed E-state index contributed by atoms with van der Waals surface area (Å²) in [6.45, 7) is 0. The largest absolute Gasteiger partial charge is 0.298 e. The van der Waals surface area contributed by atoms with Crippen molar-refractivity contribution < 1.29 is 13.6 Å². The van der Waals surface area contributed by atoms with Crippen LogP contribution in [0.3, 0.4) is 0 Å². The lowest BCUT2D eigenvalue weighted by atomic mass is 10.1. The van der Waals surface area contributed by atoms with Gasteiger partial charge in [-0.15, -0.1) is 0 Å². The molecule has 0 saturated carbocycles. The third-order valence-corrected chi connectivity index (χ3v) is 2.44. The fourth-order valence-electron chi connectivity index (χ4n) is 0.937. The van der Waals surface area contributed by atoms with E-state index in [1.807, 2.05) is 0 Å². The van der Waals surface area contributed by atoms with E-state index in [4.69, 9.17) is 11.6 Å². The zero-order valence-corrected chi connectivity index (χ0v) is 9.15. The van der Waals surface area contributed by atoms with Crippen LogP contribution in [-0.2, 0) is 5.33 Å².